The third-order valence-electron chi connectivity index (χ3n) is 5.26. The fraction of sp³-hybridized carbons (Fsp3) is 0.409. The Morgan fingerprint density at radius 3 is 2.33 bits per heavy atom. The third kappa shape index (κ3) is 5.30. The van der Waals surface area contributed by atoms with Gasteiger partial charge in [0.05, 0.1) is 17.7 Å². The Morgan fingerprint density at radius 1 is 1.07 bits per heavy atom. The van der Waals surface area contributed by atoms with Crippen LogP contribution in [0.4, 0.5) is 10.1 Å². The Balaban J connectivity index is 1.91. The van der Waals surface area contributed by atoms with E-state index in [0.29, 0.717) is 5.75 Å². The Hall–Kier alpha value is -2.61. The lowest BCUT2D eigenvalue weighted by molar-refractivity contribution is -0.120. The van der Waals surface area contributed by atoms with Gasteiger partial charge in [-0.3, -0.25) is 9.10 Å². The van der Waals surface area contributed by atoms with Crippen molar-refractivity contribution in [2.45, 2.75) is 49.5 Å². The minimum atomic E-state index is -4.12. The van der Waals surface area contributed by atoms with Crippen molar-refractivity contribution in [2.24, 2.45) is 0 Å². The van der Waals surface area contributed by atoms with Gasteiger partial charge in [0, 0.05) is 6.04 Å². The Bertz CT molecular complexity index is 955. The van der Waals surface area contributed by atoms with Gasteiger partial charge in [0.2, 0.25) is 5.91 Å². The Kier molecular flexibility index (Phi) is 7.31. The van der Waals surface area contributed by atoms with Crippen molar-refractivity contribution >= 4 is 21.6 Å². The quantitative estimate of drug-likeness (QED) is 0.672. The number of anilines is 1. The predicted molar refractivity (Wildman–Crippen MR) is 114 cm³/mol. The topological polar surface area (TPSA) is 75.7 Å². The number of rotatable bonds is 7. The van der Waals surface area contributed by atoms with Crippen molar-refractivity contribution in [3.8, 4) is 5.75 Å². The molecule has 1 fully saturated rings. The molecule has 1 amide bonds. The molecule has 0 saturated heterocycles. The number of methoxy groups -OCH3 is 1. The van der Waals surface area contributed by atoms with Gasteiger partial charge in [-0.1, -0.05) is 37.8 Å². The highest BCUT2D eigenvalue weighted by molar-refractivity contribution is 7.92. The van der Waals surface area contributed by atoms with Crippen LogP contribution in [-0.4, -0.2) is 34.0 Å². The first kappa shape index (κ1) is 22.1. The zero-order valence-corrected chi connectivity index (χ0v) is 17.8. The molecule has 0 atom stereocenters. The molecule has 0 aliphatic heterocycles. The SMILES string of the molecule is COc1ccccc1N(CC(=O)NC1CCCCCC1)S(=O)(=O)c1ccc(F)cc1. The zero-order chi connectivity index (χ0) is 21.6. The maximum atomic E-state index is 13.4. The number of carbonyl (C=O) groups is 1. The summed E-state index contributed by atoms with van der Waals surface area (Å²) in [5.74, 6) is -0.590. The zero-order valence-electron chi connectivity index (χ0n) is 17.0. The first-order valence-corrected chi connectivity index (χ1v) is 11.6. The van der Waals surface area contributed by atoms with Gasteiger partial charge < -0.3 is 10.1 Å². The van der Waals surface area contributed by atoms with E-state index in [9.17, 15) is 17.6 Å². The van der Waals surface area contributed by atoms with E-state index in [4.69, 9.17) is 4.74 Å². The summed E-state index contributed by atoms with van der Waals surface area (Å²) in [5.41, 5.74) is 0.250. The van der Waals surface area contributed by atoms with Gasteiger partial charge in [-0.2, -0.15) is 0 Å². The van der Waals surface area contributed by atoms with Crippen LogP contribution in [0.2, 0.25) is 0 Å². The lowest BCUT2D eigenvalue weighted by atomic mass is 10.1. The normalized spacial score (nSPS) is 15.3. The maximum Gasteiger partial charge on any atom is 0.264 e. The fourth-order valence-electron chi connectivity index (χ4n) is 3.70. The number of amides is 1. The molecule has 6 nitrogen and oxygen atoms in total. The maximum absolute atomic E-state index is 13.4. The molecule has 0 spiro atoms. The van der Waals surface area contributed by atoms with Gasteiger partial charge in [0.1, 0.15) is 18.1 Å². The van der Waals surface area contributed by atoms with E-state index >= 15 is 0 Å². The number of carbonyl (C=O) groups excluding carboxylic acids is 1. The summed E-state index contributed by atoms with van der Waals surface area (Å²) < 4.78 is 46.4. The van der Waals surface area contributed by atoms with E-state index in [-0.39, 0.29) is 22.5 Å². The molecule has 0 aromatic heterocycles. The van der Waals surface area contributed by atoms with Crippen LogP contribution in [0.3, 0.4) is 0 Å². The van der Waals surface area contributed by atoms with E-state index in [2.05, 4.69) is 5.32 Å². The van der Waals surface area contributed by atoms with E-state index in [1.165, 1.54) is 19.2 Å². The summed E-state index contributed by atoms with van der Waals surface area (Å²) in [6.07, 6.45) is 6.19. The minimum Gasteiger partial charge on any atom is -0.495 e. The number of ether oxygens (including phenoxy) is 1. The number of nitrogens with one attached hydrogen (secondary N) is 1. The summed E-state index contributed by atoms with van der Waals surface area (Å²) >= 11 is 0. The van der Waals surface area contributed by atoms with Crippen molar-refractivity contribution in [1.29, 1.82) is 0 Å². The summed E-state index contributed by atoms with van der Waals surface area (Å²) in [6.45, 7) is -0.392. The molecule has 0 bridgehead atoms. The van der Waals surface area contributed by atoms with Gasteiger partial charge in [0.25, 0.3) is 10.0 Å². The Labute approximate surface area is 177 Å². The van der Waals surface area contributed by atoms with Crippen LogP contribution in [0.15, 0.2) is 53.4 Å². The molecule has 1 aliphatic rings. The molecule has 0 radical (unpaired) electrons. The summed E-state index contributed by atoms with van der Waals surface area (Å²) in [7, 11) is -2.68. The van der Waals surface area contributed by atoms with Gasteiger partial charge in [0.15, 0.2) is 0 Å². The highest BCUT2D eigenvalue weighted by atomic mass is 32.2. The van der Waals surface area contributed by atoms with Gasteiger partial charge in [-0.05, 0) is 49.2 Å². The van der Waals surface area contributed by atoms with Gasteiger partial charge in [-0.15, -0.1) is 0 Å². The van der Waals surface area contributed by atoms with Crippen molar-refractivity contribution in [3.63, 3.8) is 0 Å². The van der Waals surface area contributed by atoms with Gasteiger partial charge >= 0.3 is 0 Å². The van der Waals surface area contributed by atoms with E-state index in [0.717, 1.165) is 55.0 Å². The average Bonchev–Trinajstić information content (AvgIpc) is 3.01. The van der Waals surface area contributed by atoms with E-state index < -0.39 is 22.4 Å². The highest BCUT2D eigenvalue weighted by Gasteiger charge is 2.30. The molecule has 1 N–H and O–H groups in total. The van der Waals surface area contributed by atoms with Crippen molar-refractivity contribution in [3.05, 3.63) is 54.3 Å². The second kappa shape index (κ2) is 9.93. The smallest absolute Gasteiger partial charge is 0.264 e. The van der Waals surface area contributed by atoms with Crippen LogP contribution in [0.5, 0.6) is 5.75 Å². The summed E-state index contributed by atoms with van der Waals surface area (Å²) in [5, 5.41) is 2.98. The second-order valence-electron chi connectivity index (χ2n) is 7.39. The van der Waals surface area contributed by atoms with Gasteiger partial charge in [-0.25, -0.2) is 12.8 Å². The number of sulfonamides is 1. The predicted octanol–water partition coefficient (Wildman–Crippen LogP) is 3.87. The number of halogens is 1. The first-order valence-electron chi connectivity index (χ1n) is 10.1. The van der Waals surface area contributed by atoms with Crippen LogP contribution in [0, 0.1) is 5.82 Å². The van der Waals surface area contributed by atoms with E-state index in [1.54, 1.807) is 24.3 Å². The standard InChI is InChI=1S/C22H27FN2O4S/c1-29-21-11-7-6-10-20(21)25(30(27,28)19-14-12-17(23)13-15-19)16-22(26)24-18-8-4-2-3-5-9-18/h6-7,10-15,18H,2-5,8-9,16H2,1H3,(H,24,26). The monoisotopic (exact) mass is 434 g/mol. The average molecular weight is 435 g/mol. The number of para-hydroxylation sites is 2. The molecular weight excluding hydrogens is 407 g/mol. The molecule has 2 aromatic rings. The third-order valence-corrected chi connectivity index (χ3v) is 7.04. The Morgan fingerprint density at radius 2 is 1.70 bits per heavy atom. The lowest BCUT2D eigenvalue weighted by Crippen LogP contribution is -2.44. The fourth-order valence-corrected chi connectivity index (χ4v) is 5.13. The highest BCUT2D eigenvalue weighted by Crippen LogP contribution is 2.32. The van der Waals surface area contributed by atoms with Crippen LogP contribution in [0.25, 0.3) is 0 Å². The van der Waals surface area contributed by atoms with Crippen molar-refractivity contribution in [1.82, 2.24) is 5.32 Å². The number of benzene rings is 2. The van der Waals surface area contributed by atoms with E-state index in [1.807, 2.05) is 0 Å². The summed E-state index contributed by atoms with van der Waals surface area (Å²) in [4.78, 5) is 12.7. The van der Waals surface area contributed by atoms with Crippen LogP contribution in [-0.2, 0) is 14.8 Å². The largest absolute Gasteiger partial charge is 0.495 e. The molecule has 8 heteroatoms. The van der Waals surface area contributed by atoms with Crippen LogP contribution in [0.1, 0.15) is 38.5 Å². The molecule has 1 aliphatic carbocycles. The molecule has 0 unspecified atom stereocenters. The number of hydrogen-bond donors (Lipinski definition) is 1. The van der Waals surface area contributed by atoms with Crippen LogP contribution < -0.4 is 14.4 Å². The number of hydrogen-bond acceptors (Lipinski definition) is 4. The van der Waals surface area contributed by atoms with Crippen molar-refractivity contribution in [2.75, 3.05) is 18.0 Å². The number of nitrogens with zero attached hydrogens (tertiary/aromatic N) is 1. The lowest BCUT2D eigenvalue weighted by Gasteiger charge is -2.26. The summed E-state index contributed by atoms with van der Waals surface area (Å²) in [6, 6.07) is 11.2. The molecule has 2 aromatic carbocycles. The molecular formula is C22H27FN2O4S. The molecule has 3 rings (SSSR count). The molecule has 0 heterocycles. The first-order chi connectivity index (χ1) is 14.4. The molecule has 1 saturated carbocycles. The van der Waals surface area contributed by atoms with Crippen molar-refractivity contribution < 1.29 is 22.3 Å². The second-order valence-corrected chi connectivity index (χ2v) is 9.26. The van der Waals surface area contributed by atoms with Crippen LogP contribution >= 0.6 is 0 Å². The molecule has 30 heavy (non-hydrogen) atoms. The minimum absolute atomic E-state index is 0.0491. The molecule has 162 valence electrons.